The number of carbonyl (C=O) groups is 1. The largest absolute Gasteiger partial charge is 0.340 e. The van der Waals surface area contributed by atoms with Crippen LogP contribution >= 0.6 is 0 Å². The molecule has 28 heavy (non-hydrogen) atoms. The van der Waals surface area contributed by atoms with Gasteiger partial charge in [-0.25, -0.2) is 4.39 Å². The van der Waals surface area contributed by atoms with Crippen molar-refractivity contribution in [1.29, 1.82) is 0 Å². The Morgan fingerprint density at radius 1 is 1.00 bits per heavy atom. The van der Waals surface area contributed by atoms with Crippen LogP contribution in [0.25, 0.3) is 10.9 Å². The van der Waals surface area contributed by atoms with Crippen molar-refractivity contribution < 1.29 is 9.18 Å². The Morgan fingerprint density at radius 3 is 2.46 bits per heavy atom. The number of rotatable bonds is 4. The lowest BCUT2D eigenvalue weighted by atomic mass is 10.1. The molecule has 144 valence electrons. The van der Waals surface area contributed by atoms with Crippen molar-refractivity contribution >= 4 is 16.8 Å². The first-order valence-corrected chi connectivity index (χ1v) is 9.44. The molecule has 6 heteroatoms. The number of piperazine rings is 1. The highest BCUT2D eigenvalue weighted by Crippen LogP contribution is 2.13. The van der Waals surface area contributed by atoms with Crippen LogP contribution < -0.4 is 5.56 Å². The first-order chi connectivity index (χ1) is 13.6. The van der Waals surface area contributed by atoms with E-state index in [2.05, 4.69) is 9.88 Å². The molecule has 1 amide bonds. The van der Waals surface area contributed by atoms with Crippen LogP contribution in [0.1, 0.15) is 11.1 Å². The first kappa shape index (κ1) is 18.4. The van der Waals surface area contributed by atoms with Crippen molar-refractivity contribution in [2.24, 2.45) is 0 Å². The zero-order valence-corrected chi connectivity index (χ0v) is 15.5. The SMILES string of the molecule is O=C(Cc1ccc(F)cc1)N1CCN(Cc2cc3ccccc3[nH]c2=O)CC1. The number of nitrogens with zero attached hydrogens (tertiary/aromatic N) is 2. The monoisotopic (exact) mass is 379 g/mol. The summed E-state index contributed by atoms with van der Waals surface area (Å²) in [4.78, 5) is 31.8. The minimum Gasteiger partial charge on any atom is -0.340 e. The van der Waals surface area contributed by atoms with E-state index in [1.54, 1.807) is 12.1 Å². The van der Waals surface area contributed by atoms with Crippen molar-refractivity contribution in [2.75, 3.05) is 26.2 Å². The standard InChI is InChI=1S/C22H22FN3O2/c23-19-7-5-16(6-8-19)13-21(27)26-11-9-25(10-12-26)15-18-14-17-3-1-2-4-20(17)24-22(18)28/h1-8,14H,9-13,15H2,(H,24,28). The molecular formula is C22H22FN3O2. The summed E-state index contributed by atoms with van der Waals surface area (Å²) in [5, 5.41) is 1.02. The van der Waals surface area contributed by atoms with Gasteiger partial charge in [-0.3, -0.25) is 14.5 Å². The Balaban J connectivity index is 1.35. The second-order valence-corrected chi connectivity index (χ2v) is 7.17. The van der Waals surface area contributed by atoms with E-state index in [9.17, 15) is 14.0 Å². The molecule has 4 rings (SSSR count). The van der Waals surface area contributed by atoms with Gasteiger partial charge in [0.25, 0.3) is 5.56 Å². The Labute approximate surface area is 162 Å². The van der Waals surface area contributed by atoms with Crippen LogP contribution in [0.5, 0.6) is 0 Å². The van der Waals surface area contributed by atoms with Crippen LogP contribution in [0.3, 0.4) is 0 Å². The van der Waals surface area contributed by atoms with E-state index in [0.717, 1.165) is 35.1 Å². The number of aromatic nitrogens is 1. The highest BCUT2D eigenvalue weighted by atomic mass is 19.1. The molecule has 1 saturated heterocycles. The minimum atomic E-state index is -0.298. The van der Waals surface area contributed by atoms with Crippen molar-refractivity contribution in [3.8, 4) is 0 Å². The third kappa shape index (κ3) is 4.12. The van der Waals surface area contributed by atoms with Crippen molar-refractivity contribution in [1.82, 2.24) is 14.8 Å². The highest BCUT2D eigenvalue weighted by molar-refractivity contribution is 5.79. The Bertz CT molecular complexity index is 1040. The third-order valence-electron chi connectivity index (χ3n) is 5.22. The van der Waals surface area contributed by atoms with Gasteiger partial charge in [-0.05, 0) is 35.2 Å². The number of pyridine rings is 1. The number of nitrogens with one attached hydrogen (secondary N) is 1. The number of aromatic amines is 1. The average Bonchev–Trinajstić information content (AvgIpc) is 2.71. The Hall–Kier alpha value is -2.99. The number of amides is 1. The van der Waals surface area contributed by atoms with Gasteiger partial charge in [-0.1, -0.05) is 30.3 Å². The molecule has 0 aliphatic carbocycles. The van der Waals surface area contributed by atoms with Crippen LogP contribution in [0.15, 0.2) is 59.4 Å². The number of hydrogen-bond donors (Lipinski definition) is 1. The molecule has 0 spiro atoms. The molecule has 1 fully saturated rings. The van der Waals surface area contributed by atoms with Gasteiger partial charge in [0, 0.05) is 43.8 Å². The lowest BCUT2D eigenvalue weighted by molar-refractivity contribution is -0.132. The van der Waals surface area contributed by atoms with E-state index in [0.29, 0.717) is 19.6 Å². The zero-order valence-electron chi connectivity index (χ0n) is 15.5. The predicted molar refractivity (Wildman–Crippen MR) is 107 cm³/mol. The molecule has 1 aliphatic rings. The summed E-state index contributed by atoms with van der Waals surface area (Å²) in [7, 11) is 0. The van der Waals surface area contributed by atoms with Crippen LogP contribution in [-0.2, 0) is 17.8 Å². The van der Waals surface area contributed by atoms with Crippen LogP contribution in [0.4, 0.5) is 4.39 Å². The molecule has 0 saturated carbocycles. The molecule has 0 unspecified atom stereocenters. The van der Waals surface area contributed by atoms with Gasteiger partial charge >= 0.3 is 0 Å². The predicted octanol–water partition coefficient (Wildman–Crippen LogP) is 2.55. The number of H-pyrrole nitrogens is 1. The van der Waals surface area contributed by atoms with E-state index in [4.69, 9.17) is 0 Å². The molecular weight excluding hydrogens is 357 g/mol. The zero-order chi connectivity index (χ0) is 19.5. The number of benzene rings is 2. The molecule has 0 radical (unpaired) electrons. The summed E-state index contributed by atoms with van der Waals surface area (Å²) in [5.74, 6) is -0.247. The summed E-state index contributed by atoms with van der Waals surface area (Å²) in [6.07, 6.45) is 0.282. The topological polar surface area (TPSA) is 56.4 Å². The normalized spacial score (nSPS) is 15.1. The number of carbonyl (C=O) groups excluding carboxylic acids is 1. The van der Waals surface area contributed by atoms with Gasteiger partial charge in [-0.15, -0.1) is 0 Å². The third-order valence-corrected chi connectivity index (χ3v) is 5.22. The molecule has 0 bridgehead atoms. The van der Waals surface area contributed by atoms with Crippen LogP contribution in [-0.4, -0.2) is 46.9 Å². The fraction of sp³-hybridized carbons (Fsp3) is 0.273. The maximum atomic E-state index is 13.0. The summed E-state index contributed by atoms with van der Waals surface area (Å²) >= 11 is 0. The molecule has 2 heterocycles. The van der Waals surface area contributed by atoms with Crippen LogP contribution in [0, 0.1) is 5.82 Å². The molecule has 3 aromatic rings. The van der Waals surface area contributed by atoms with E-state index in [1.807, 2.05) is 35.2 Å². The Kier molecular flexibility index (Phi) is 5.21. The van der Waals surface area contributed by atoms with Crippen molar-refractivity contribution in [3.05, 3.63) is 81.9 Å². The average molecular weight is 379 g/mol. The van der Waals surface area contributed by atoms with Gasteiger partial charge in [0.05, 0.1) is 6.42 Å². The van der Waals surface area contributed by atoms with E-state index < -0.39 is 0 Å². The summed E-state index contributed by atoms with van der Waals surface area (Å²) in [5.41, 5.74) is 2.34. The summed E-state index contributed by atoms with van der Waals surface area (Å²) in [6.45, 7) is 3.28. The summed E-state index contributed by atoms with van der Waals surface area (Å²) < 4.78 is 13.0. The molecule has 1 aromatic heterocycles. The second kappa shape index (κ2) is 7.94. The first-order valence-electron chi connectivity index (χ1n) is 9.44. The number of fused-ring (bicyclic) bond motifs is 1. The van der Waals surface area contributed by atoms with E-state index in [-0.39, 0.29) is 23.7 Å². The van der Waals surface area contributed by atoms with Gasteiger partial charge < -0.3 is 9.88 Å². The maximum Gasteiger partial charge on any atom is 0.252 e. The van der Waals surface area contributed by atoms with E-state index in [1.165, 1.54) is 12.1 Å². The molecule has 0 atom stereocenters. The molecule has 5 nitrogen and oxygen atoms in total. The second-order valence-electron chi connectivity index (χ2n) is 7.17. The van der Waals surface area contributed by atoms with Crippen LogP contribution in [0.2, 0.25) is 0 Å². The van der Waals surface area contributed by atoms with E-state index >= 15 is 0 Å². The van der Waals surface area contributed by atoms with Crippen molar-refractivity contribution in [2.45, 2.75) is 13.0 Å². The van der Waals surface area contributed by atoms with Crippen molar-refractivity contribution in [3.63, 3.8) is 0 Å². The fourth-order valence-corrected chi connectivity index (χ4v) is 3.59. The molecule has 2 aromatic carbocycles. The quantitative estimate of drug-likeness (QED) is 0.758. The highest BCUT2D eigenvalue weighted by Gasteiger charge is 2.22. The fourth-order valence-electron chi connectivity index (χ4n) is 3.59. The smallest absolute Gasteiger partial charge is 0.252 e. The summed E-state index contributed by atoms with van der Waals surface area (Å²) in [6, 6.07) is 15.7. The number of halogens is 1. The van der Waals surface area contributed by atoms with Gasteiger partial charge in [0.2, 0.25) is 5.91 Å². The van der Waals surface area contributed by atoms with Gasteiger partial charge in [-0.2, -0.15) is 0 Å². The number of para-hydroxylation sites is 1. The van der Waals surface area contributed by atoms with Gasteiger partial charge in [0.15, 0.2) is 0 Å². The molecule has 1 N–H and O–H groups in total. The lowest BCUT2D eigenvalue weighted by Crippen LogP contribution is -2.49. The lowest BCUT2D eigenvalue weighted by Gasteiger charge is -2.34. The minimum absolute atomic E-state index is 0.0508. The molecule has 1 aliphatic heterocycles. The maximum absolute atomic E-state index is 13.0. The Morgan fingerprint density at radius 2 is 1.71 bits per heavy atom. The number of hydrogen-bond acceptors (Lipinski definition) is 3. The van der Waals surface area contributed by atoms with Gasteiger partial charge in [0.1, 0.15) is 5.82 Å².